The van der Waals surface area contributed by atoms with Gasteiger partial charge in [-0.25, -0.2) is 4.79 Å². The van der Waals surface area contributed by atoms with E-state index in [1.807, 2.05) is 0 Å². The Morgan fingerprint density at radius 3 is 2.82 bits per heavy atom. The highest BCUT2D eigenvalue weighted by atomic mass is 16.4. The van der Waals surface area contributed by atoms with Gasteiger partial charge in [-0.15, -0.1) is 0 Å². The summed E-state index contributed by atoms with van der Waals surface area (Å²) in [6, 6.07) is 0. The summed E-state index contributed by atoms with van der Waals surface area (Å²) in [5.41, 5.74) is 0.279. The molecular formula is C7H9NO3. The SMILES string of the molecule is O.O=C(O)C1=CC=CNC=C1. The van der Waals surface area contributed by atoms with E-state index >= 15 is 0 Å². The van der Waals surface area contributed by atoms with Crippen LogP contribution >= 0.6 is 0 Å². The molecule has 4 N–H and O–H groups in total. The van der Waals surface area contributed by atoms with E-state index in [2.05, 4.69) is 5.32 Å². The summed E-state index contributed by atoms with van der Waals surface area (Å²) < 4.78 is 0. The number of carbonyl (C=O) groups is 1. The normalized spacial score (nSPS) is 14.0. The highest BCUT2D eigenvalue weighted by Crippen LogP contribution is 1.98. The van der Waals surface area contributed by atoms with Crippen LogP contribution in [-0.2, 0) is 4.79 Å². The van der Waals surface area contributed by atoms with Gasteiger partial charge in [-0.2, -0.15) is 0 Å². The van der Waals surface area contributed by atoms with Gasteiger partial charge in [0.1, 0.15) is 0 Å². The molecule has 4 nitrogen and oxygen atoms in total. The highest BCUT2D eigenvalue weighted by molar-refractivity contribution is 5.90. The molecule has 4 heteroatoms. The monoisotopic (exact) mass is 155 g/mol. The largest absolute Gasteiger partial charge is 0.478 e. The number of allylic oxidation sites excluding steroid dienone is 2. The van der Waals surface area contributed by atoms with Crippen LogP contribution in [0.3, 0.4) is 0 Å². The Hall–Kier alpha value is -1.55. The summed E-state index contributed by atoms with van der Waals surface area (Å²) in [7, 11) is 0. The van der Waals surface area contributed by atoms with Crippen LogP contribution in [0.2, 0.25) is 0 Å². The van der Waals surface area contributed by atoms with Crippen LogP contribution in [0, 0.1) is 0 Å². The molecule has 0 fully saturated rings. The van der Waals surface area contributed by atoms with E-state index in [9.17, 15) is 4.79 Å². The molecular weight excluding hydrogens is 146 g/mol. The zero-order valence-electron chi connectivity index (χ0n) is 5.74. The lowest BCUT2D eigenvalue weighted by atomic mass is 10.2. The molecule has 0 saturated heterocycles. The smallest absolute Gasteiger partial charge is 0.335 e. The summed E-state index contributed by atoms with van der Waals surface area (Å²) >= 11 is 0. The molecule has 0 saturated carbocycles. The van der Waals surface area contributed by atoms with Gasteiger partial charge in [0.15, 0.2) is 0 Å². The first-order chi connectivity index (χ1) is 4.80. The lowest BCUT2D eigenvalue weighted by molar-refractivity contribution is -0.132. The zero-order chi connectivity index (χ0) is 7.40. The molecule has 1 rings (SSSR count). The van der Waals surface area contributed by atoms with E-state index in [1.54, 1.807) is 18.5 Å². The van der Waals surface area contributed by atoms with E-state index in [1.165, 1.54) is 12.2 Å². The lowest BCUT2D eigenvalue weighted by Gasteiger charge is -1.88. The molecule has 0 atom stereocenters. The van der Waals surface area contributed by atoms with Gasteiger partial charge in [0, 0.05) is 12.4 Å². The predicted molar refractivity (Wildman–Crippen MR) is 40.7 cm³/mol. The van der Waals surface area contributed by atoms with Gasteiger partial charge in [-0.3, -0.25) is 0 Å². The number of hydrogen-bond donors (Lipinski definition) is 2. The Bertz CT molecular complexity index is 228. The van der Waals surface area contributed by atoms with Gasteiger partial charge >= 0.3 is 5.97 Å². The number of aliphatic carboxylic acids is 1. The summed E-state index contributed by atoms with van der Waals surface area (Å²) in [4.78, 5) is 10.3. The van der Waals surface area contributed by atoms with Gasteiger partial charge < -0.3 is 15.9 Å². The average Bonchev–Trinajstić information content (AvgIpc) is 2.12. The maximum absolute atomic E-state index is 10.3. The summed E-state index contributed by atoms with van der Waals surface area (Å²) in [5, 5.41) is 11.2. The van der Waals surface area contributed by atoms with Crippen molar-refractivity contribution >= 4 is 5.97 Å². The van der Waals surface area contributed by atoms with E-state index in [4.69, 9.17) is 5.11 Å². The predicted octanol–water partition coefficient (Wildman–Crippen LogP) is -0.197. The number of hydrogen-bond acceptors (Lipinski definition) is 2. The van der Waals surface area contributed by atoms with Gasteiger partial charge in [0.2, 0.25) is 0 Å². The second-order valence-electron chi connectivity index (χ2n) is 1.79. The number of nitrogens with one attached hydrogen (secondary N) is 1. The maximum atomic E-state index is 10.3. The third-order valence-corrected chi connectivity index (χ3v) is 1.07. The fourth-order valence-corrected chi connectivity index (χ4v) is 0.599. The fraction of sp³-hybridized carbons (Fsp3) is 0. The molecule has 0 unspecified atom stereocenters. The van der Waals surface area contributed by atoms with E-state index in [-0.39, 0.29) is 11.0 Å². The first kappa shape index (κ1) is 9.45. The van der Waals surface area contributed by atoms with E-state index < -0.39 is 5.97 Å². The van der Waals surface area contributed by atoms with Crippen LogP contribution in [-0.4, -0.2) is 16.6 Å². The lowest BCUT2D eigenvalue weighted by Crippen LogP contribution is -1.97. The van der Waals surface area contributed by atoms with Gasteiger partial charge in [-0.05, 0) is 18.2 Å². The van der Waals surface area contributed by atoms with Crippen molar-refractivity contribution in [3.8, 4) is 0 Å². The van der Waals surface area contributed by atoms with Crippen LogP contribution in [0.15, 0.2) is 36.2 Å². The third-order valence-electron chi connectivity index (χ3n) is 1.07. The molecule has 11 heavy (non-hydrogen) atoms. The minimum atomic E-state index is -0.912. The highest BCUT2D eigenvalue weighted by Gasteiger charge is 2.00. The van der Waals surface area contributed by atoms with Crippen LogP contribution in [0.1, 0.15) is 0 Å². The van der Waals surface area contributed by atoms with Crippen molar-refractivity contribution < 1.29 is 15.4 Å². The molecule has 0 spiro atoms. The van der Waals surface area contributed by atoms with Gasteiger partial charge in [-0.1, -0.05) is 0 Å². The van der Waals surface area contributed by atoms with Crippen LogP contribution in [0.4, 0.5) is 0 Å². The Morgan fingerprint density at radius 1 is 1.45 bits per heavy atom. The second kappa shape index (κ2) is 4.29. The molecule has 1 aliphatic rings. The van der Waals surface area contributed by atoms with Gasteiger partial charge in [0.25, 0.3) is 0 Å². The summed E-state index contributed by atoms with van der Waals surface area (Å²) in [6.07, 6.45) is 7.90. The fourth-order valence-electron chi connectivity index (χ4n) is 0.599. The van der Waals surface area contributed by atoms with Crippen molar-refractivity contribution in [1.29, 1.82) is 0 Å². The van der Waals surface area contributed by atoms with Crippen LogP contribution in [0.5, 0.6) is 0 Å². The molecule has 0 aliphatic carbocycles. The number of carboxylic acid groups (broad SMARTS) is 1. The molecule has 0 aromatic heterocycles. The quantitative estimate of drug-likeness (QED) is 0.550. The Labute approximate surface area is 63.8 Å². The van der Waals surface area contributed by atoms with Crippen LogP contribution in [0.25, 0.3) is 0 Å². The molecule has 60 valence electrons. The van der Waals surface area contributed by atoms with E-state index in [0.717, 1.165) is 0 Å². The van der Waals surface area contributed by atoms with E-state index in [0.29, 0.717) is 0 Å². The van der Waals surface area contributed by atoms with Crippen molar-refractivity contribution in [3.63, 3.8) is 0 Å². The molecule has 0 bridgehead atoms. The standard InChI is InChI=1S/C7H7NO2.H2O/c9-7(10)6-2-1-4-8-5-3-6;/h1-5,8H,(H,9,10);1H2. The average molecular weight is 155 g/mol. The van der Waals surface area contributed by atoms with Crippen molar-refractivity contribution in [2.75, 3.05) is 0 Å². The summed E-state index contributed by atoms with van der Waals surface area (Å²) in [5.74, 6) is -0.912. The number of rotatable bonds is 1. The molecule has 0 aromatic carbocycles. The van der Waals surface area contributed by atoms with Crippen molar-refractivity contribution in [2.45, 2.75) is 0 Å². The molecule has 1 aliphatic heterocycles. The van der Waals surface area contributed by atoms with Crippen LogP contribution < -0.4 is 5.32 Å². The van der Waals surface area contributed by atoms with Crippen molar-refractivity contribution in [3.05, 3.63) is 36.2 Å². The van der Waals surface area contributed by atoms with Crippen molar-refractivity contribution in [2.24, 2.45) is 0 Å². The Balaban J connectivity index is 0.000001000. The molecule has 0 amide bonds. The minimum Gasteiger partial charge on any atom is -0.478 e. The molecule has 0 aromatic rings. The topological polar surface area (TPSA) is 80.8 Å². The Morgan fingerprint density at radius 2 is 2.18 bits per heavy atom. The molecule has 0 radical (unpaired) electrons. The van der Waals surface area contributed by atoms with Crippen molar-refractivity contribution in [1.82, 2.24) is 5.32 Å². The third kappa shape index (κ3) is 2.68. The maximum Gasteiger partial charge on any atom is 0.335 e. The number of carboxylic acids is 1. The Kier molecular flexibility index (Phi) is 3.69. The second-order valence-corrected chi connectivity index (χ2v) is 1.79. The first-order valence-electron chi connectivity index (χ1n) is 2.83. The molecule has 1 heterocycles. The minimum absolute atomic E-state index is 0. The van der Waals surface area contributed by atoms with Gasteiger partial charge in [0.05, 0.1) is 5.57 Å². The summed E-state index contributed by atoms with van der Waals surface area (Å²) in [6.45, 7) is 0. The first-order valence-corrected chi connectivity index (χ1v) is 2.83. The zero-order valence-corrected chi connectivity index (χ0v) is 5.74.